The van der Waals surface area contributed by atoms with E-state index in [9.17, 15) is 9.59 Å². The number of carbonyl (C=O) groups is 2. The molecule has 0 aromatic rings. The van der Waals surface area contributed by atoms with Crippen molar-refractivity contribution in [2.24, 2.45) is 5.92 Å². The molecule has 0 bridgehead atoms. The van der Waals surface area contributed by atoms with Crippen molar-refractivity contribution in [2.75, 3.05) is 13.1 Å². The number of amides is 2. The first-order valence-corrected chi connectivity index (χ1v) is 7.30. The molecule has 4 heteroatoms. The standard InChI is InChI=1S/C14H24N2O2/c1-2-16-13(17)10-12(14(16)18)15-9-5-8-11-6-3-4-7-11/h11-12,15H,2-10H2,1H3. The molecule has 0 aromatic heterocycles. The molecule has 0 spiro atoms. The summed E-state index contributed by atoms with van der Waals surface area (Å²) < 4.78 is 0. The van der Waals surface area contributed by atoms with E-state index in [2.05, 4.69) is 5.32 Å². The molecular weight excluding hydrogens is 228 g/mol. The average Bonchev–Trinajstić information content (AvgIpc) is 2.94. The number of likely N-dealkylation sites (N-methyl/N-ethyl adjacent to an activating group) is 1. The summed E-state index contributed by atoms with van der Waals surface area (Å²) in [6, 6.07) is -0.263. The molecule has 1 N–H and O–H groups in total. The minimum absolute atomic E-state index is 0.0317. The zero-order valence-corrected chi connectivity index (χ0v) is 11.3. The van der Waals surface area contributed by atoms with Gasteiger partial charge in [-0.05, 0) is 32.2 Å². The van der Waals surface area contributed by atoms with Crippen molar-refractivity contribution in [3.63, 3.8) is 0 Å². The number of hydrogen-bond donors (Lipinski definition) is 1. The molecule has 1 aliphatic carbocycles. The van der Waals surface area contributed by atoms with Crippen LogP contribution in [-0.4, -0.2) is 35.8 Å². The van der Waals surface area contributed by atoms with E-state index in [-0.39, 0.29) is 17.9 Å². The van der Waals surface area contributed by atoms with Gasteiger partial charge in [-0.2, -0.15) is 0 Å². The van der Waals surface area contributed by atoms with Gasteiger partial charge in [0.25, 0.3) is 0 Å². The highest BCUT2D eigenvalue weighted by atomic mass is 16.2. The fraction of sp³-hybridized carbons (Fsp3) is 0.857. The van der Waals surface area contributed by atoms with E-state index >= 15 is 0 Å². The van der Waals surface area contributed by atoms with Crippen LogP contribution in [0.25, 0.3) is 0 Å². The second-order valence-electron chi connectivity index (χ2n) is 5.48. The van der Waals surface area contributed by atoms with E-state index in [0.717, 1.165) is 18.9 Å². The highest BCUT2D eigenvalue weighted by molar-refractivity contribution is 6.05. The Kier molecular flexibility index (Phi) is 4.75. The van der Waals surface area contributed by atoms with Crippen LogP contribution in [0.3, 0.4) is 0 Å². The van der Waals surface area contributed by atoms with Gasteiger partial charge >= 0.3 is 0 Å². The van der Waals surface area contributed by atoms with E-state index in [1.54, 1.807) is 0 Å². The van der Waals surface area contributed by atoms with Crippen molar-refractivity contribution in [3.05, 3.63) is 0 Å². The van der Waals surface area contributed by atoms with Gasteiger partial charge in [0.1, 0.15) is 0 Å². The maximum atomic E-state index is 11.8. The highest BCUT2D eigenvalue weighted by Crippen LogP contribution is 2.28. The van der Waals surface area contributed by atoms with Crippen molar-refractivity contribution >= 4 is 11.8 Å². The summed E-state index contributed by atoms with van der Waals surface area (Å²) in [5.74, 6) is 0.832. The van der Waals surface area contributed by atoms with Crippen LogP contribution in [0.5, 0.6) is 0 Å². The van der Waals surface area contributed by atoms with Crippen LogP contribution in [0.15, 0.2) is 0 Å². The quantitative estimate of drug-likeness (QED) is 0.578. The van der Waals surface area contributed by atoms with Crippen LogP contribution < -0.4 is 5.32 Å². The van der Waals surface area contributed by atoms with E-state index in [4.69, 9.17) is 0 Å². The molecule has 1 saturated heterocycles. The Balaban J connectivity index is 1.64. The molecule has 1 saturated carbocycles. The summed E-state index contributed by atoms with van der Waals surface area (Å²) in [4.78, 5) is 24.7. The fourth-order valence-corrected chi connectivity index (χ4v) is 3.14. The van der Waals surface area contributed by atoms with Crippen molar-refractivity contribution in [3.8, 4) is 0 Å². The normalized spacial score (nSPS) is 25.4. The fourth-order valence-electron chi connectivity index (χ4n) is 3.14. The van der Waals surface area contributed by atoms with Gasteiger partial charge in [-0.1, -0.05) is 25.7 Å². The van der Waals surface area contributed by atoms with E-state index < -0.39 is 0 Å². The first-order chi connectivity index (χ1) is 8.72. The molecule has 1 aliphatic heterocycles. The smallest absolute Gasteiger partial charge is 0.246 e. The summed E-state index contributed by atoms with van der Waals surface area (Å²) in [6.07, 6.45) is 8.26. The topological polar surface area (TPSA) is 49.4 Å². The van der Waals surface area contributed by atoms with Gasteiger partial charge in [-0.15, -0.1) is 0 Å². The van der Waals surface area contributed by atoms with E-state index in [1.807, 2.05) is 6.92 Å². The monoisotopic (exact) mass is 252 g/mol. The van der Waals surface area contributed by atoms with Crippen LogP contribution in [0.1, 0.15) is 51.9 Å². The summed E-state index contributed by atoms with van der Waals surface area (Å²) in [5.41, 5.74) is 0. The molecule has 0 radical (unpaired) electrons. The molecule has 0 aromatic carbocycles. The van der Waals surface area contributed by atoms with Crippen molar-refractivity contribution in [1.82, 2.24) is 10.2 Å². The number of rotatable bonds is 6. The summed E-state index contributed by atoms with van der Waals surface area (Å²) in [5, 5.41) is 3.24. The number of hydrogen-bond acceptors (Lipinski definition) is 3. The Bertz CT molecular complexity index is 311. The van der Waals surface area contributed by atoms with E-state index in [0.29, 0.717) is 13.0 Å². The summed E-state index contributed by atoms with van der Waals surface area (Å²) in [7, 11) is 0. The molecule has 2 fully saturated rings. The molecule has 2 rings (SSSR count). The number of nitrogens with zero attached hydrogens (tertiary/aromatic N) is 1. The van der Waals surface area contributed by atoms with E-state index in [1.165, 1.54) is 37.0 Å². The predicted molar refractivity (Wildman–Crippen MR) is 70.0 cm³/mol. The Morgan fingerprint density at radius 2 is 2.00 bits per heavy atom. The van der Waals surface area contributed by atoms with Gasteiger partial charge in [0.05, 0.1) is 12.5 Å². The molecule has 2 amide bonds. The van der Waals surface area contributed by atoms with Crippen LogP contribution >= 0.6 is 0 Å². The lowest BCUT2D eigenvalue weighted by Crippen LogP contribution is -2.39. The molecule has 1 heterocycles. The highest BCUT2D eigenvalue weighted by Gasteiger charge is 2.36. The Labute approximate surface area is 109 Å². The largest absolute Gasteiger partial charge is 0.305 e. The first-order valence-electron chi connectivity index (χ1n) is 7.30. The number of carbonyl (C=O) groups excluding carboxylic acids is 2. The Morgan fingerprint density at radius 1 is 1.28 bits per heavy atom. The average molecular weight is 252 g/mol. The van der Waals surface area contributed by atoms with Gasteiger partial charge in [0.15, 0.2) is 0 Å². The van der Waals surface area contributed by atoms with Crippen LogP contribution in [0.4, 0.5) is 0 Å². The van der Waals surface area contributed by atoms with Crippen molar-refractivity contribution < 1.29 is 9.59 Å². The van der Waals surface area contributed by atoms with Crippen molar-refractivity contribution in [1.29, 1.82) is 0 Å². The van der Waals surface area contributed by atoms with Gasteiger partial charge < -0.3 is 5.32 Å². The lowest BCUT2D eigenvalue weighted by Gasteiger charge is -2.14. The van der Waals surface area contributed by atoms with Gasteiger partial charge in [-0.25, -0.2) is 0 Å². The van der Waals surface area contributed by atoms with Crippen LogP contribution in [0, 0.1) is 5.92 Å². The van der Waals surface area contributed by atoms with Crippen LogP contribution in [-0.2, 0) is 9.59 Å². The zero-order valence-electron chi connectivity index (χ0n) is 11.3. The lowest BCUT2D eigenvalue weighted by molar-refractivity contribution is -0.138. The molecule has 1 unspecified atom stereocenters. The lowest BCUT2D eigenvalue weighted by atomic mass is 10.0. The third-order valence-electron chi connectivity index (χ3n) is 4.21. The third kappa shape index (κ3) is 3.10. The van der Waals surface area contributed by atoms with Gasteiger partial charge in [0.2, 0.25) is 11.8 Å². The third-order valence-corrected chi connectivity index (χ3v) is 4.21. The maximum Gasteiger partial charge on any atom is 0.246 e. The second-order valence-corrected chi connectivity index (χ2v) is 5.48. The molecular formula is C14H24N2O2. The maximum absolute atomic E-state index is 11.8. The molecule has 18 heavy (non-hydrogen) atoms. The molecule has 4 nitrogen and oxygen atoms in total. The summed E-state index contributed by atoms with van der Waals surface area (Å²) in [6.45, 7) is 3.20. The Morgan fingerprint density at radius 3 is 2.61 bits per heavy atom. The zero-order chi connectivity index (χ0) is 13.0. The first kappa shape index (κ1) is 13.5. The number of nitrogens with one attached hydrogen (secondary N) is 1. The van der Waals surface area contributed by atoms with Crippen LogP contribution in [0.2, 0.25) is 0 Å². The van der Waals surface area contributed by atoms with Crippen molar-refractivity contribution in [2.45, 2.75) is 57.9 Å². The molecule has 2 aliphatic rings. The van der Waals surface area contributed by atoms with Gasteiger partial charge in [0, 0.05) is 6.54 Å². The Hall–Kier alpha value is -0.900. The minimum atomic E-state index is -0.263. The molecule has 1 atom stereocenters. The number of imide groups is 1. The SMILES string of the molecule is CCN1C(=O)CC(NCCCC2CCCC2)C1=O. The minimum Gasteiger partial charge on any atom is -0.305 e. The summed E-state index contributed by atoms with van der Waals surface area (Å²) >= 11 is 0. The predicted octanol–water partition coefficient (Wildman–Crippen LogP) is 1.69. The van der Waals surface area contributed by atoms with Gasteiger partial charge in [-0.3, -0.25) is 14.5 Å². The number of likely N-dealkylation sites (tertiary alicyclic amines) is 1. The second kappa shape index (κ2) is 6.32. The molecule has 102 valence electrons.